The summed E-state index contributed by atoms with van der Waals surface area (Å²) in [7, 11) is 1.61. The van der Waals surface area contributed by atoms with E-state index in [0.29, 0.717) is 19.4 Å². The minimum atomic E-state index is -1.06. The summed E-state index contributed by atoms with van der Waals surface area (Å²) in [5, 5.41) is 20.5. The van der Waals surface area contributed by atoms with E-state index in [0.717, 1.165) is 17.0 Å². The van der Waals surface area contributed by atoms with Crippen LogP contribution in [0.25, 0.3) is 0 Å². The smallest absolute Gasteiger partial charge is 0.228 e. The zero-order chi connectivity index (χ0) is 21.1. The van der Waals surface area contributed by atoms with Crippen molar-refractivity contribution in [3.63, 3.8) is 0 Å². The fraction of sp³-hybridized carbons (Fsp3) is 0.750. The Hall–Kier alpha value is -1.93. The van der Waals surface area contributed by atoms with Crippen molar-refractivity contribution in [3.05, 3.63) is 17.0 Å². The molecule has 0 spiro atoms. The molecule has 1 unspecified atom stereocenters. The number of nitrogens with zero attached hydrogens (tertiary/aromatic N) is 2. The lowest BCUT2D eigenvalue weighted by molar-refractivity contribution is -0.164. The maximum atomic E-state index is 12.6. The van der Waals surface area contributed by atoms with Crippen molar-refractivity contribution in [2.24, 2.45) is 5.41 Å². The van der Waals surface area contributed by atoms with Gasteiger partial charge in [0, 0.05) is 37.8 Å². The van der Waals surface area contributed by atoms with Crippen molar-refractivity contribution in [1.82, 2.24) is 20.4 Å². The summed E-state index contributed by atoms with van der Waals surface area (Å²) in [6.45, 7) is 10.7. The third-order valence-electron chi connectivity index (χ3n) is 5.55. The maximum absolute atomic E-state index is 12.6. The highest BCUT2D eigenvalue weighted by molar-refractivity contribution is 5.83. The predicted octanol–water partition coefficient (Wildman–Crippen LogP) is 1.27. The Morgan fingerprint density at radius 1 is 1.39 bits per heavy atom. The fourth-order valence-electron chi connectivity index (χ4n) is 3.81. The monoisotopic (exact) mass is 394 g/mol. The van der Waals surface area contributed by atoms with Gasteiger partial charge in [-0.05, 0) is 31.7 Å². The van der Waals surface area contributed by atoms with E-state index < -0.39 is 11.0 Å². The number of carbonyl (C=O) groups is 2. The molecule has 8 heteroatoms. The van der Waals surface area contributed by atoms with Gasteiger partial charge in [0.1, 0.15) is 5.60 Å². The first-order valence-corrected chi connectivity index (χ1v) is 9.78. The largest absolute Gasteiger partial charge is 0.385 e. The van der Waals surface area contributed by atoms with Crippen LogP contribution in [0.3, 0.4) is 0 Å². The Balaban J connectivity index is 1.79. The molecule has 1 atom stereocenters. The van der Waals surface area contributed by atoms with Gasteiger partial charge in [-0.25, -0.2) is 0 Å². The van der Waals surface area contributed by atoms with Crippen molar-refractivity contribution >= 4 is 11.8 Å². The summed E-state index contributed by atoms with van der Waals surface area (Å²) in [5.41, 5.74) is 1.35. The number of nitrogens with one attached hydrogen (secondary N) is 2. The van der Waals surface area contributed by atoms with Gasteiger partial charge in [0.05, 0.1) is 18.8 Å². The SMILES string of the molecule is COCCC(C)(C)C(=O)N1CC(O)(CNC(=O)CC(C)c2c(C)n[nH]c2C)C1. The van der Waals surface area contributed by atoms with Crippen molar-refractivity contribution in [2.75, 3.05) is 33.4 Å². The van der Waals surface area contributed by atoms with Gasteiger partial charge in [0.2, 0.25) is 11.8 Å². The zero-order valence-electron chi connectivity index (χ0n) is 17.9. The van der Waals surface area contributed by atoms with Crippen molar-refractivity contribution < 1.29 is 19.4 Å². The molecule has 2 heterocycles. The van der Waals surface area contributed by atoms with Crippen LogP contribution in [-0.2, 0) is 14.3 Å². The standard InChI is InChI=1S/C20H34N4O4/c1-13(17-14(2)22-23-15(17)3)9-16(25)21-10-20(27)11-24(12-20)18(26)19(4,5)7-8-28-6/h13,27H,7-12H2,1-6H3,(H,21,25)(H,22,23). The van der Waals surface area contributed by atoms with Gasteiger partial charge in [-0.2, -0.15) is 5.10 Å². The van der Waals surface area contributed by atoms with E-state index in [1.54, 1.807) is 12.0 Å². The molecular weight excluding hydrogens is 360 g/mol. The van der Waals surface area contributed by atoms with E-state index in [2.05, 4.69) is 15.5 Å². The number of aliphatic hydroxyl groups is 1. The van der Waals surface area contributed by atoms with Crippen LogP contribution in [0.15, 0.2) is 0 Å². The molecule has 0 bridgehead atoms. The van der Waals surface area contributed by atoms with Crippen LogP contribution in [0, 0.1) is 19.3 Å². The molecule has 1 aromatic rings. The Labute approximate surface area is 167 Å². The van der Waals surface area contributed by atoms with Crippen LogP contribution in [0.5, 0.6) is 0 Å². The number of ether oxygens (including phenoxy) is 1. The molecule has 1 fully saturated rings. The summed E-state index contributed by atoms with van der Waals surface area (Å²) in [6, 6.07) is 0. The molecule has 158 valence electrons. The molecule has 1 aromatic heterocycles. The number of rotatable bonds is 9. The number of hydrogen-bond donors (Lipinski definition) is 3. The zero-order valence-corrected chi connectivity index (χ0v) is 17.9. The highest BCUT2D eigenvalue weighted by atomic mass is 16.5. The van der Waals surface area contributed by atoms with Crippen LogP contribution >= 0.6 is 0 Å². The summed E-state index contributed by atoms with van der Waals surface area (Å²) in [6.07, 6.45) is 0.947. The van der Waals surface area contributed by atoms with Crippen LogP contribution in [0.4, 0.5) is 0 Å². The van der Waals surface area contributed by atoms with Crippen molar-refractivity contribution in [3.8, 4) is 0 Å². The van der Waals surface area contributed by atoms with Crippen LogP contribution in [0.1, 0.15) is 56.5 Å². The Morgan fingerprint density at radius 3 is 2.57 bits per heavy atom. The van der Waals surface area contributed by atoms with Gasteiger partial charge in [-0.15, -0.1) is 0 Å². The second-order valence-corrected chi connectivity index (χ2v) is 8.74. The number of β-amino-alcohol motifs (C(OH)–C–C–N with tert-alkyl or cyclic N) is 1. The third-order valence-corrected chi connectivity index (χ3v) is 5.55. The van der Waals surface area contributed by atoms with Crippen molar-refractivity contribution in [1.29, 1.82) is 0 Å². The highest BCUT2D eigenvalue weighted by Gasteiger charge is 2.47. The molecule has 28 heavy (non-hydrogen) atoms. The Bertz CT molecular complexity index is 688. The lowest BCUT2D eigenvalue weighted by Crippen LogP contribution is -2.69. The van der Waals surface area contributed by atoms with Gasteiger partial charge >= 0.3 is 0 Å². The second kappa shape index (κ2) is 8.61. The first kappa shape index (κ1) is 22.4. The Kier molecular flexibility index (Phi) is 6.88. The third kappa shape index (κ3) is 5.11. The molecule has 0 aromatic carbocycles. The van der Waals surface area contributed by atoms with E-state index in [-0.39, 0.29) is 37.4 Å². The first-order valence-electron chi connectivity index (χ1n) is 9.78. The van der Waals surface area contributed by atoms with Gasteiger partial charge in [0.15, 0.2) is 0 Å². The number of aryl methyl sites for hydroxylation is 2. The Morgan fingerprint density at radius 2 is 2.04 bits per heavy atom. The summed E-state index contributed by atoms with van der Waals surface area (Å²) >= 11 is 0. The molecule has 1 aliphatic rings. The number of likely N-dealkylation sites (tertiary alicyclic amines) is 1. The average Bonchev–Trinajstić information content (AvgIpc) is 2.93. The maximum Gasteiger partial charge on any atom is 0.228 e. The van der Waals surface area contributed by atoms with Crippen LogP contribution in [-0.4, -0.2) is 71.0 Å². The molecule has 2 rings (SSSR count). The molecule has 0 radical (unpaired) electrons. The number of hydrogen-bond acceptors (Lipinski definition) is 5. The van der Waals surface area contributed by atoms with E-state index in [1.165, 1.54) is 0 Å². The summed E-state index contributed by atoms with van der Waals surface area (Å²) in [4.78, 5) is 26.5. The van der Waals surface area contributed by atoms with E-state index in [9.17, 15) is 14.7 Å². The van der Waals surface area contributed by atoms with Crippen LogP contribution < -0.4 is 5.32 Å². The minimum Gasteiger partial charge on any atom is -0.385 e. The van der Waals surface area contributed by atoms with Crippen molar-refractivity contribution in [2.45, 2.75) is 59.0 Å². The number of carbonyl (C=O) groups excluding carboxylic acids is 2. The van der Waals surface area contributed by atoms with E-state index >= 15 is 0 Å². The van der Waals surface area contributed by atoms with Gasteiger partial charge < -0.3 is 20.1 Å². The molecule has 1 saturated heterocycles. The number of aromatic nitrogens is 2. The minimum absolute atomic E-state index is 0.0000759. The normalized spacial score (nSPS) is 17.2. The molecule has 8 nitrogen and oxygen atoms in total. The number of aromatic amines is 1. The number of amides is 2. The molecule has 3 N–H and O–H groups in total. The first-order chi connectivity index (χ1) is 13.0. The molecule has 0 aliphatic carbocycles. The second-order valence-electron chi connectivity index (χ2n) is 8.74. The summed E-state index contributed by atoms with van der Waals surface area (Å²) in [5.74, 6) is -0.0827. The highest BCUT2D eigenvalue weighted by Crippen LogP contribution is 2.30. The van der Waals surface area contributed by atoms with E-state index in [4.69, 9.17) is 4.74 Å². The van der Waals surface area contributed by atoms with Crippen LogP contribution in [0.2, 0.25) is 0 Å². The molecule has 0 saturated carbocycles. The lowest BCUT2D eigenvalue weighted by Gasteiger charge is -2.48. The number of methoxy groups -OCH3 is 1. The molecule has 1 aliphatic heterocycles. The number of H-pyrrole nitrogens is 1. The average molecular weight is 395 g/mol. The van der Waals surface area contributed by atoms with Gasteiger partial charge in [-0.1, -0.05) is 20.8 Å². The van der Waals surface area contributed by atoms with Gasteiger partial charge in [0.25, 0.3) is 0 Å². The molecule has 2 amide bonds. The predicted molar refractivity (Wildman–Crippen MR) is 106 cm³/mol. The fourth-order valence-corrected chi connectivity index (χ4v) is 3.81. The van der Waals surface area contributed by atoms with E-state index in [1.807, 2.05) is 34.6 Å². The molecular formula is C20H34N4O4. The van der Waals surface area contributed by atoms with Gasteiger partial charge in [-0.3, -0.25) is 14.7 Å². The quantitative estimate of drug-likeness (QED) is 0.585. The summed E-state index contributed by atoms with van der Waals surface area (Å²) < 4.78 is 5.06. The topological polar surface area (TPSA) is 108 Å². The lowest BCUT2D eigenvalue weighted by atomic mass is 9.84.